The number of rotatable bonds is 3. The van der Waals surface area contributed by atoms with Crippen molar-refractivity contribution in [3.8, 4) is 0 Å². The summed E-state index contributed by atoms with van der Waals surface area (Å²) >= 11 is 0. The van der Waals surface area contributed by atoms with Crippen molar-refractivity contribution < 1.29 is 9.18 Å². The van der Waals surface area contributed by atoms with Gasteiger partial charge in [-0.1, -0.05) is 30.3 Å². The minimum absolute atomic E-state index is 0.00993. The lowest BCUT2D eigenvalue weighted by molar-refractivity contribution is -0.122. The Hall–Kier alpha value is -2.36. The molecule has 1 aliphatic rings. The van der Waals surface area contributed by atoms with E-state index in [1.165, 1.54) is 12.1 Å². The van der Waals surface area contributed by atoms with Gasteiger partial charge in [-0.25, -0.2) is 4.39 Å². The molecule has 0 spiro atoms. The topological polar surface area (TPSA) is 41.1 Å². The highest BCUT2D eigenvalue weighted by Crippen LogP contribution is 2.31. The van der Waals surface area contributed by atoms with Crippen LogP contribution in [0.5, 0.6) is 0 Å². The second-order valence-corrected chi connectivity index (χ2v) is 5.30. The summed E-state index contributed by atoms with van der Waals surface area (Å²) in [5.41, 5.74) is 2.94. The number of amides is 1. The minimum atomic E-state index is -0.272. The highest BCUT2D eigenvalue weighted by atomic mass is 19.1. The molecular weight excluding hydrogens is 267 g/mol. The molecule has 2 atom stereocenters. The van der Waals surface area contributed by atoms with Gasteiger partial charge in [0.2, 0.25) is 5.91 Å². The predicted molar refractivity (Wildman–Crippen MR) is 80.6 cm³/mol. The molecule has 1 aliphatic heterocycles. The van der Waals surface area contributed by atoms with Gasteiger partial charge >= 0.3 is 0 Å². The van der Waals surface area contributed by atoms with Gasteiger partial charge in [0.1, 0.15) is 5.82 Å². The summed E-state index contributed by atoms with van der Waals surface area (Å²) in [4.78, 5) is 12.4. The summed E-state index contributed by atoms with van der Waals surface area (Å²) in [7, 11) is 0. The minimum Gasteiger partial charge on any atom is -0.384 e. The Labute approximate surface area is 123 Å². The first-order chi connectivity index (χ1) is 10.1. The first-order valence-corrected chi connectivity index (χ1v) is 7.04. The molecule has 0 bridgehead atoms. The van der Waals surface area contributed by atoms with Crippen LogP contribution in [-0.2, 0) is 4.79 Å². The zero-order valence-corrected chi connectivity index (χ0v) is 11.8. The van der Waals surface area contributed by atoms with E-state index in [4.69, 9.17) is 0 Å². The SMILES string of the molecule is C[C@H](NC(=O)C1CNc2ccccc21)c1ccc(F)cc1. The van der Waals surface area contributed by atoms with Gasteiger partial charge in [-0.2, -0.15) is 0 Å². The number of para-hydroxylation sites is 1. The van der Waals surface area contributed by atoms with Crippen molar-refractivity contribution in [3.05, 3.63) is 65.5 Å². The van der Waals surface area contributed by atoms with E-state index in [1.54, 1.807) is 12.1 Å². The number of hydrogen-bond donors (Lipinski definition) is 2. The molecule has 21 heavy (non-hydrogen) atoms. The molecule has 2 aromatic carbocycles. The summed E-state index contributed by atoms with van der Waals surface area (Å²) in [5, 5.41) is 6.24. The Morgan fingerprint density at radius 3 is 2.71 bits per heavy atom. The monoisotopic (exact) mass is 284 g/mol. The van der Waals surface area contributed by atoms with Crippen molar-refractivity contribution in [1.29, 1.82) is 0 Å². The highest BCUT2D eigenvalue weighted by Gasteiger charge is 2.28. The number of halogens is 1. The van der Waals surface area contributed by atoms with Crippen LogP contribution in [0, 0.1) is 5.82 Å². The third-order valence-corrected chi connectivity index (χ3v) is 3.88. The van der Waals surface area contributed by atoms with Crippen LogP contribution in [0.15, 0.2) is 48.5 Å². The van der Waals surface area contributed by atoms with Gasteiger partial charge in [0.25, 0.3) is 0 Å². The molecule has 0 aliphatic carbocycles. The van der Waals surface area contributed by atoms with Gasteiger partial charge in [0, 0.05) is 12.2 Å². The lowest BCUT2D eigenvalue weighted by Crippen LogP contribution is -2.32. The molecule has 108 valence electrons. The van der Waals surface area contributed by atoms with Crippen molar-refractivity contribution in [1.82, 2.24) is 5.32 Å². The normalized spacial score (nSPS) is 17.7. The molecule has 3 nitrogen and oxygen atoms in total. The number of hydrogen-bond acceptors (Lipinski definition) is 2. The fourth-order valence-corrected chi connectivity index (χ4v) is 2.67. The van der Waals surface area contributed by atoms with Crippen LogP contribution in [-0.4, -0.2) is 12.5 Å². The Morgan fingerprint density at radius 1 is 1.24 bits per heavy atom. The second-order valence-electron chi connectivity index (χ2n) is 5.30. The van der Waals surface area contributed by atoms with Gasteiger partial charge in [-0.05, 0) is 36.2 Å². The Balaban J connectivity index is 1.71. The van der Waals surface area contributed by atoms with E-state index < -0.39 is 0 Å². The third-order valence-electron chi connectivity index (χ3n) is 3.88. The van der Waals surface area contributed by atoms with Crippen molar-refractivity contribution in [2.45, 2.75) is 18.9 Å². The fraction of sp³-hybridized carbons (Fsp3) is 0.235. The standard InChI is InChI=1S/C17H17FN2O/c1-11(12-6-8-13(18)9-7-12)20-17(21)15-10-19-16-5-3-2-4-14(15)16/h2-9,11,15,19H,10H2,1H3,(H,20,21)/t11-,15?/m0/s1. The van der Waals surface area contributed by atoms with Crippen LogP contribution in [0.4, 0.5) is 10.1 Å². The van der Waals surface area contributed by atoms with Crippen LogP contribution >= 0.6 is 0 Å². The van der Waals surface area contributed by atoms with E-state index in [-0.39, 0.29) is 23.7 Å². The van der Waals surface area contributed by atoms with Gasteiger partial charge in [0.15, 0.2) is 0 Å². The first-order valence-electron chi connectivity index (χ1n) is 7.04. The molecular formula is C17H17FN2O. The molecule has 2 N–H and O–H groups in total. The molecule has 2 aromatic rings. The van der Waals surface area contributed by atoms with E-state index in [9.17, 15) is 9.18 Å². The molecule has 0 saturated carbocycles. The number of anilines is 1. The van der Waals surface area contributed by atoms with Crippen molar-refractivity contribution in [2.75, 3.05) is 11.9 Å². The molecule has 1 heterocycles. The molecule has 1 unspecified atom stereocenters. The largest absolute Gasteiger partial charge is 0.384 e. The Morgan fingerprint density at radius 2 is 1.95 bits per heavy atom. The van der Waals surface area contributed by atoms with E-state index in [1.807, 2.05) is 31.2 Å². The number of nitrogens with one attached hydrogen (secondary N) is 2. The maximum atomic E-state index is 12.9. The molecule has 0 aromatic heterocycles. The predicted octanol–water partition coefficient (Wildman–Crippen LogP) is 3.21. The number of carbonyl (C=O) groups excluding carboxylic acids is 1. The fourth-order valence-electron chi connectivity index (χ4n) is 2.67. The highest BCUT2D eigenvalue weighted by molar-refractivity contribution is 5.88. The smallest absolute Gasteiger partial charge is 0.229 e. The van der Waals surface area contributed by atoms with E-state index >= 15 is 0 Å². The van der Waals surface area contributed by atoms with Gasteiger partial charge in [0.05, 0.1) is 12.0 Å². The van der Waals surface area contributed by atoms with Gasteiger partial charge in [-0.3, -0.25) is 4.79 Å². The summed E-state index contributed by atoms with van der Waals surface area (Å²) in [5.74, 6) is -0.459. The first kappa shape index (κ1) is 13.6. The zero-order valence-electron chi connectivity index (χ0n) is 11.8. The van der Waals surface area contributed by atoms with E-state index in [0.29, 0.717) is 6.54 Å². The lowest BCUT2D eigenvalue weighted by Gasteiger charge is -2.17. The third kappa shape index (κ3) is 2.75. The van der Waals surface area contributed by atoms with Crippen LogP contribution in [0.2, 0.25) is 0 Å². The molecule has 3 rings (SSSR count). The summed E-state index contributed by atoms with van der Waals surface area (Å²) < 4.78 is 12.9. The maximum Gasteiger partial charge on any atom is 0.229 e. The molecule has 0 saturated heterocycles. The van der Waals surface area contributed by atoms with Crippen molar-refractivity contribution in [2.24, 2.45) is 0 Å². The number of benzene rings is 2. The average molecular weight is 284 g/mol. The molecule has 0 radical (unpaired) electrons. The average Bonchev–Trinajstić information content (AvgIpc) is 2.92. The zero-order chi connectivity index (χ0) is 14.8. The van der Waals surface area contributed by atoms with Gasteiger partial charge < -0.3 is 10.6 Å². The van der Waals surface area contributed by atoms with Crippen LogP contribution in [0.1, 0.15) is 30.0 Å². The number of carbonyl (C=O) groups is 1. The van der Waals surface area contributed by atoms with Crippen LogP contribution in [0.25, 0.3) is 0 Å². The van der Waals surface area contributed by atoms with Crippen molar-refractivity contribution in [3.63, 3.8) is 0 Å². The number of fused-ring (bicyclic) bond motifs is 1. The van der Waals surface area contributed by atoms with Crippen LogP contribution < -0.4 is 10.6 Å². The van der Waals surface area contributed by atoms with E-state index in [0.717, 1.165) is 16.8 Å². The van der Waals surface area contributed by atoms with Gasteiger partial charge in [-0.15, -0.1) is 0 Å². The summed E-state index contributed by atoms with van der Waals surface area (Å²) in [6.45, 7) is 2.51. The van der Waals surface area contributed by atoms with Crippen LogP contribution in [0.3, 0.4) is 0 Å². The Kier molecular flexibility index (Phi) is 3.60. The molecule has 4 heteroatoms. The summed E-state index contributed by atoms with van der Waals surface area (Å²) in [6.07, 6.45) is 0. The second kappa shape index (κ2) is 5.56. The summed E-state index contributed by atoms with van der Waals surface area (Å²) in [6, 6.07) is 13.9. The lowest BCUT2D eigenvalue weighted by atomic mass is 9.99. The molecule has 1 amide bonds. The van der Waals surface area contributed by atoms with Crippen molar-refractivity contribution >= 4 is 11.6 Å². The molecule has 0 fully saturated rings. The maximum absolute atomic E-state index is 12.9. The Bertz CT molecular complexity index is 654. The van der Waals surface area contributed by atoms with E-state index in [2.05, 4.69) is 10.6 Å². The quantitative estimate of drug-likeness (QED) is 0.908.